The molecular weight excluding hydrogens is 332 g/mol. The quantitative estimate of drug-likeness (QED) is 0.832. The summed E-state index contributed by atoms with van der Waals surface area (Å²) in [6.07, 6.45) is 4.19. The van der Waals surface area contributed by atoms with Crippen LogP contribution in [0.4, 0.5) is 11.9 Å². The lowest BCUT2D eigenvalue weighted by molar-refractivity contribution is 0.0761. The number of nitrogen functional groups attached to an aromatic ring is 1. The van der Waals surface area contributed by atoms with E-state index in [1.807, 2.05) is 19.0 Å². The molecule has 1 amide bonds. The van der Waals surface area contributed by atoms with Crippen molar-refractivity contribution >= 4 is 17.8 Å². The maximum Gasteiger partial charge on any atom is 0.254 e. The van der Waals surface area contributed by atoms with Crippen LogP contribution in [0.25, 0.3) is 0 Å². The number of nitrogens with two attached hydrogens (primary N) is 1. The summed E-state index contributed by atoms with van der Waals surface area (Å²) in [6, 6.07) is 3.50. The summed E-state index contributed by atoms with van der Waals surface area (Å²) in [5.41, 5.74) is 6.47. The molecule has 138 valence electrons. The molecule has 0 saturated carbocycles. The van der Waals surface area contributed by atoms with Crippen LogP contribution in [-0.4, -0.2) is 75.9 Å². The summed E-state index contributed by atoms with van der Waals surface area (Å²) < 4.78 is 0. The molecule has 2 aromatic rings. The number of pyridine rings is 1. The van der Waals surface area contributed by atoms with Crippen molar-refractivity contribution in [2.24, 2.45) is 0 Å². The highest BCUT2D eigenvalue weighted by atomic mass is 16.2. The molecule has 0 atom stereocenters. The van der Waals surface area contributed by atoms with Crippen molar-refractivity contribution in [3.63, 3.8) is 0 Å². The lowest BCUT2D eigenvalue weighted by atomic mass is 10.2. The lowest BCUT2D eigenvalue weighted by Gasteiger charge is -2.22. The molecule has 2 N–H and O–H groups in total. The Morgan fingerprint density at radius 2 is 1.88 bits per heavy atom. The fraction of sp³-hybridized carbons (Fsp3) is 0.471. The van der Waals surface area contributed by atoms with E-state index in [0.29, 0.717) is 30.4 Å². The number of nitrogens with zero attached hydrogens (tertiary/aromatic N) is 7. The normalized spacial score (nSPS) is 15.5. The van der Waals surface area contributed by atoms with Gasteiger partial charge in [0, 0.05) is 58.2 Å². The van der Waals surface area contributed by atoms with Crippen LogP contribution in [0, 0.1) is 0 Å². The van der Waals surface area contributed by atoms with Crippen LogP contribution in [0.2, 0.25) is 0 Å². The zero-order valence-corrected chi connectivity index (χ0v) is 15.2. The Morgan fingerprint density at radius 3 is 2.62 bits per heavy atom. The minimum absolute atomic E-state index is 0.0496. The van der Waals surface area contributed by atoms with Gasteiger partial charge in [-0.2, -0.15) is 15.0 Å². The molecule has 3 heterocycles. The molecular formula is C17H24N8O. The van der Waals surface area contributed by atoms with E-state index in [-0.39, 0.29) is 11.9 Å². The predicted octanol–water partition coefficient (Wildman–Crippen LogP) is 0.263. The smallest absolute Gasteiger partial charge is 0.254 e. The minimum atomic E-state index is 0.0496. The van der Waals surface area contributed by atoms with E-state index >= 15 is 0 Å². The summed E-state index contributed by atoms with van der Waals surface area (Å²) in [4.78, 5) is 35.3. The van der Waals surface area contributed by atoms with Gasteiger partial charge in [-0.3, -0.25) is 14.7 Å². The number of carbonyl (C=O) groups excluding carboxylic acids is 1. The van der Waals surface area contributed by atoms with Gasteiger partial charge in [-0.15, -0.1) is 0 Å². The van der Waals surface area contributed by atoms with Crippen molar-refractivity contribution < 1.29 is 4.79 Å². The van der Waals surface area contributed by atoms with E-state index in [0.717, 1.165) is 26.1 Å². The van der Waals surface area contributed by atoms with Crippen molar-refractivity contribution in [2.45, 2.75) is 13.0 Å². The maximum absolute atomic E-state index is 12.6. The van der Waals surface area contributed by atoms with Gasteiger partial charge < -0.3 is 15.5 Å². The Balaban J connectivity index is 1.63. The Morgan fingerprint density at radius 1 is 1.12 bits per heavy atom. The highest BCUT2D eigenvalue weighted by molar-refractivity contribution is 5.94. The molecule has 1 aliphatic rings. The molecule has 0 radical (unpaired) electrons. The fourth-order valence-electron chi connectivity index (χ4n) is 2.91. The number of hydrogen-bond acceptors (Lipinski definition) is 8. The summed E-state index contributed by atoms with van der Waals surface area (Å²) >= 11 is 0. The van der Waals surface area contributed by atoms with Crippen molar-refractivity contribution in [1.29, 1.82) is 0 Å². The molecule has 0 spiro atoms. The lowest BCUT2D eigenvalue weighted by Crippen LogP contribution is -2.35. The van der Waals surface area contributed by atoms with Crippen molar-refractivity contribution in [3.05, 3.63) is 35.9 Å². The third-order valence-corrected chi connectivity index (χ3v) is 4.26. The summed E-state index contributed by atoms with van der Waals surface area (Å²) in [5.74, 6) is 1.48. The van der Waals surface area contributed by atoms with E-state index in [4.69, 9.17) is 5.73 Å². The van der Waals surface area contributed by atoms with Crippen LogP contribution < -0.4 is 10.6 Å². The average molecular weight is 356 g/mol. The molecule has 2 aromatic heterocycles. The number of rotatable bonds is 4. The Hall–Kier alpha value is -2.81. The Kier molecular flexibility index (Phi) is 5.57. The first kappa shape index (κ1) is 18.0. The monoisotopic (exact) mass is 356 g/mol. The van der Waals surface area contributed by atoms with Crippen LogP contribution in [0.15, 0.2) is 24.5 Å². The molecule has 0 bridgehead atoms. The Labute approximate surface area is 152 Å². The third kappa shape index (κ3) is 4.42. The maximum atomic E-state index is 12.6. The first-order valence-electron chi connectivity index (χ1n) is 8.62. The second-order valence-electron chi connectivity index (χ2n) is 6.46. The van der Waals surface area contributed by atoms with Crippen LogP contribution in [-0.2, 0) is 6.54 Å². The van der Waals surface area contributed by atoms with E-state index in [1.165, 1.54) is 0 Å². The van der Waals surface area contributed by atoms with E-state index in [9.17, 15) is 4.79 Å². The van der Waals surface area contributed by atoms with Gasteiger partial charge in [0.2, 0.25) is 11.9 Å². The number of amides is 1. The third-order valence-electron chi connectivity index (χ3n) is 4.26. The molecule has 9 heteroatoms. The topological polar surface area (TPSA) is 104 Å². The number of aromatic nitrogens is 4. The summed E-state index contributed by atoms with van der Waals surface area (Å²) in [5, 5.41) is 0. The first-order chi connectivity index (χ1) is 12.5. The van der Waals surface area contributed by atoms with Crippen molar-refractivity contribution in [1.82, 2.24) is 29.7 Å². The molecule has 0 unspecified atom stereocenters. The van der Waals surface area contributed by atoms with Crippen LogP contribution >= 0.6 is 0 Å². The average Bonchev–Trinajstić information content (AvgIpc) is 2.87. The van der Waals surface area contributed by atoms with E-state index < -0.39 is 0 Å². The number of hydrogen-bond donors (Lipinski definition) is 1. The minimum Gasteiger partial charge on any atom is -0.368 e. The van der Waals surface area contributed by atoms with E-state index in [2.05, 4.69) is 24.8 Å². The molecule has 1 aliphatic heterocycles. The zero-order valence-electron chi connectivity index (χ0n) is 15.2. The zero-order chi connectivity index (χ0) is 18.5. The van der Waals surface area contributed by atoms with Gasteiger partial charge in [-0.25, -0.2) is 0 Å². The molecule has 26 heavy (non-hydrogen) atoms. The first-order valence-corrected chi connectivity index (χ1v) is 8.62. The molecule has 0 aliphatic carbocycles. The van der Waals surface area contributed by atoms with Gasteiger partial charge in [-0.1, -0.05) is 0 Å². The van der Waals surface area contributed by atoms with Crippen molar-refractivity contribution in [2.75, 3.05) is 50.9 Å². The van der Waals surface area contributed by atoms with Crippen LogP contribution in [0.5, 0.6) is 0 Å². The van der Waals surface area contributed by atoms with Gasteiger partial charge in [0.25, 0.3) is 5.91 Å². The van der Waals surface area contributed by atoms with Gasteiger partial charge in [0.15, 0.2) is 0 Å². The highest BCUT2D eigenvalue weighted by Gasteiger charge is 2.21. The molecule has 1 fully saturated rings. The molecule has 3 rings (SSSR count). The van der Waals surface area contributed by atoms with Gasteiger partial charge in [0.05, 0.1) is 6.54 Å². The second kappa shape index (κ2) is 8.05. The highest BCUT2D eigenvalue weighted by Crippen LogP contribution is 2.12. The largest absolute Gasteiger partial charge is 0.368 e. The predicted molar refractivity (Wildman–Crippen MR) is 98.6 cm³/mol. The van der Waals surface area contributed by atoms with Gasteiger partial charge >= 0.3 is 0 Å². The number of carbonyl (C=O) groups is 1. The molecule has 1 saturated heterocycles. The van der Waals surface area contributed by atoms with Gasteiger partial charge in [0.1, 0.15) is 5.82 Å². The summed E-state index contributed by atoms with van der Waals surface area (Å²) in [6.45, 7) is 3.63. The standard InChI is InChI=1S/C17H24N8O/c1-23(2)17-21-14(20-16(18)22-17)12-24-8-3-9-25(11-10-24)15(26)13-4-6-19-7-5-13/h4-7H,3,8-12H2,1-2H3,(H2,18,20,21,22). The Bertz CT molecular complexity index is 752. The van der Waals surface area contributed by atoms with Crippen LogP contribution in [0.1, 0.15) is 22.6 Å². The summed E-state index contributed by atoms with van der Waals surface area (Å²) in [7, 11) is 3.74. The number of anilines is 2. The van der Waals surface area contributed by atoms with E-state index in [1.54, 1.807) is 29.4 Å². The van der Waals surface area contributed by atoms with Crippen molar-refractivity contribution in [3.8, 4) is 0 Å². The van der Waals surface area contributed by atoms with Crippen LogP contribution in [0.3, 0.4) is 0 Å². The fourth-order valence-corrected chi connectivity index (χ4v) is 2.91. The van der Waals surface area contributed by atoms with Gasteiger partial charge in [-0.05, 0) is 18.6 Å². The molecule has 9 nitrogen and oxygen atoms in total. The molecule has 0 aromatic carbocycles. The second-order valence-corrected chi connectivity index (χ2v) is 6.46. The SMILES string of the molecule is CN(C)c1nc(N)nc(CN2CCCN(C(=O)c3ccncc3)CC2)n1.